The Kier molecular flexibility index (Phi) is 5.80. The van der Waals surface area contributed by atoms with Crippen molar-refractivity contribution in [2.45, 2.75) is 20.8 Å². The molecule has 0 saturated heterocycles. The zero-order valence-electron chi connectivity index (χ0n) is 23.2. The van der Waals surface area contributed by atoms with E-state index in [1.807, 2.05) is 12.1 Å². The van der Waals surface area contributed by atoms with Crippen LogP contribution in [0, 0.1) is 33.1 Å². The Balaban J connectivity index is 1.56. The normalized spacial score (nSPS) is 12.0. The summed E-state index contributed by atoms with van der Waals surface area (Å²) in [5.74, 6) is 2.71. The molecular weight excluding hydrogens is 500 g/mol. The minimum absolute atomic E-state index is 0.854. The van der Waals surface area contributed by atoms with Gasteiger partial charge in [-0.2, -0.15) is 0 Å². The second kappa shape index (κ2) is 9.66. The predicted octanol–water partition coefficient (Wildman–Crippen LogP) is 8.90. The van der Waals surface area contributed by atoms with Crippen LogP contribution in [0.2, 0.25) is 0 Å². The lowest BCUT2D eigenvalue weighted by Gasteiger charge is -2.13. The molecule has 5 heterocycles. The van der Waals surface area contributed by atoms with Gasteiger partial charge in [0, 0.05) is 38.8 Å². The van der Waals surface area contributed by atoms with Crippen molar-refractivity contribution in [1.82, 2.24) is 19.9 Å². The first-order valence-electron chi connectivity index (χ1n) is 13.7. The summed E-state index contributed by atoms with van der Waals surface area (Å²) in [5, 5.41) is 0. The van der Waals surface area contributed by atoms with E-state index >= 15 is 0 Å². The maximum Gasteiger partial charge on any atom is 0.0738 e. The molecule has 196 valence electrons. The van der Waals surface area contributed by atoms with Gasteiger partial charge in [0.05, 0.1) is 22.8 Å². The second-order valence-corrected chi connectivity index (χ2v) is 10.7. The fourth-order valence-electron chi connectivity index (χ4n) is 5.95. The Morgan fingerprint density at radius 3 is 1.63 bits per heavy atom. The lowest BCUT2D eigenvalue weighted by atomic mass is 9.92. The van der Waals surface area contributed by atoms with E-state index in [1.54, 1.807) is 0 Å². The zero-order chi connectivity index (χ0) is 28.1. The van der Waals surface area contributed by atoms with Crippen LogP contribution < -0.4 is 0 Å². The number of hydrogen-bond donors (Lipinski definition) is 2. The highest BCUT2D eigenvalue weighted by molar-refractivity contribution is 5.94. The highest BCUT2D eigenvalue weighted by atomic mass is 14.8. The van der Waals surface area contributed by atoms with Crippen LogP contribution in [0.25, 0.3) is 68.6 Å². The molecule has 3 aromatic heterocycles. The van der Waals surface area contributed by atoms with Gasteiger partial charge in [0.2, 0.25) is 0 Å². The predicted molar refractivity (Wildman–Crippen MR) is 172 cm³/mol. The molecule has 5 aromatic rings. The van der Waals surface area contributed by atoms with Crippen LogP contribution in [-0.4, -0.2) is 19.9 Å². The van der Waals surface area contributed by atoms with Crippen molar-refractivity contribution in [2.75, 3.05) is 0 Å². The molecule has 4 nitrogen and oxygen atoms in total. The third kappa shape index (κ3) is 4.48. The quantitative estimate of drug-likeness (QED) is 0.220. The van der Waals surface area contributed by atoms with E-state index in [0.717, 1.165) is 67.1 Å². The van der Waals surface area contributed by atoms with E-state index < -0.39 is 0 Å². The van der Waals surface area contributed by atoms with E-state index in [2.05, 4.69) is 122 Å². The monoisotopic (exact) mass is 528 g/mol. The number of rotatable bonds is 2. The molecule has 0 fully saturated rings. The molecule has 0 radical (unpaired) electrons. The second-order valence-electron chi connectivity index (χ2n) is 10.7. The van der Waals surface area contributed by atoms with Crippen LogP contribution in [0.5, 0.6) is 0 Å². The largest absolute Gasteiger partial charge is 0.355 e. The van der Waals surface area contributed by atoms with Crippen LogP contribution >= 0.6 is 0 Å². The van der Waals surface area contributed by atoms with Gasteiger partial charge in [-0.05, 0) is 116 Å². The lowest BCUT2D eigenvalue weighted by Crippen LogP contribution is -1.95. The Bertz CT molecular complexity index is 2010. The molecule has 0 atom stereocenters. The van der Waals surface area contributed by atoms with Gasteiger partial charge in [0.15, 0.2) is 0 Å². The molecule has 2 aliphatic rings. The summed E-state index contributed by atoms with van der Waals surface area (Å²) in [6.45, 7) is 6.48. The van der Waals surface area contributed by atoms with Crippen LogP contribution in [0.15, 0.2) is 72.8 Å². The fraction of sp³-hybridized carbons (Fsp3) is 0.0811. The SMILES string of the molecule is C#Cc1ccc(-c2c3ccc(cc4nc(c(-c5c(C)cc(C)cc5C)c5nc(cc6ccc2[nH]6)C=C5)C=C4)[nH]3)cc1. The van der Waals surface area contributed by atoms with Crippen LogP contribution in [0.1, 0.15) is 45.0 Å². The topological polar surface area (TPSA) is 57.4 Å². The van der Waals surface area contributed by atoms with Gasteiger partial charge in [-0.25, -0.2) is 9.97 Å². The highest BCUT2D eigenvalue weighted by Gasteiger charge is 2.18. The van der Waals surface area contributed by atoms with Gasteiger partial charge < -0.3 is 9.97 Å². The van der Waals surface area contributed by atoms with E-state index in [1.165, 1.54) is 22.3 Å². The Morgan fingerprint density at radius 2 is 1.12 bits per heavy atom. The summed E-state index contributed by atoms with van der Waals surface area (Å²) in [5.41, 5.74) is 16.5. The number of nitrogens with one attached hydrogen (secondary N) is 2. The average Bonchev–Trinajstić information content (AvgIpc) is 3.76. The highest BCUT2D eigenvalue weighted by Crippen LogP contribution is 2.36. The standard InChI is InChI=1S/C37H28N4/c1-5-25-6-8-26(9-7-25)36-31-14-10-27(38-31)20-29-12-16-33(40-29)37(35-23(3)18-22(2)19-24(35)4)34-17-13-30(41-34)21-28-11-15-32(36)39-28/h1,6-21,38-39H,2-4H3. The fourth-order valence-corrected chi connectivity index (χ4v) is 5.95. The van der Waals surface area contributed by atoms with Gasteiger partial charge in [0.1, 0.15) is 0 Å². The third-order valence-corrected chi connectivity index (χ3v) is 7.67. The van der Waals surface area contributed by atoms with Crippen molar-refractivity contribution in [3.8, 4) is 34.6 Å². The van der Waals surface area contributed by atoms with Crippen molar-refractivity contribution < 1.29 is 0 Å². The van der Waals surface area contributed by atoms with Gasteiger partial charge >= 0.3 is 0 Å². The molecule has 2 aromatic carbocycles. The van der Waals surface area contributed by atoms with E-state index in [0.29, 0.717) is 0 Å². The van der Waals surface area contributed by atoms with E-state index in [9.17, 15) is 0 Å². The molecule has 0 saturated carbocycles. The smallest absolute Gasteiger partial charge is 0.0738 e. The van der Waals surface area contributed by atoms with Crippen molar-refractivity contribution in [3.63, 3.8) is 0 Å². The maximum absolute atomic E-state index is 5.62. The summed E-state index contributed by atoms with van der Waals surface area (Å²) in [7, 11) is 0. The van der Waals surface area contributed by atoms with Crippen LogP contribution in [-0.2, 0) is 0 Å². The Labute approximate surface area is 239 Å². The number of aryl methyl sites for hydroxylation is 3. The van der Waals surface area contributed by atoms with Crippen molar-refractivity contribution >= 4 is 46.4 Å². The first-order valence-corrected chi connectivity index (χ1v) is 13.7. The molecule has 41 heavy (non-hydrogen) atoms. The number of hydrogen-bond acceptors (Lipinski definition) is 2. The number of H-pyrrole nitrogens is 2. The summed E-state index contributed by atoms with van der Waals surface area (Å²) in [4.78, 5) is 17.4. The Morgan fingerprint density at radius 1 is 0.585 bits per heavy atom. The van der Waals surface area contributed by atoms with Crippen LogP contribution in [0.4, 0.5) is 0 Å². The Hall–Kier alpha value is -5.40. The van der Waals surface area contributed by atoms with Gasteiger partial charge in [-0.1, -0.05) is 35.7 Å². The van der Waals surface area contributed by atoms with Gasteiger partial charge in [0.25, 0.3) is 0 Å². The van der Waals surface area contributed by atoms with E-state index in [-0.39, 0.29) is 0 Å². The first kappa shape index (κ1) is 24.6. The number of aromatic nitrogens is 4. The molecular formula is C37H28N4. The molecule has 0 spiro atoms. The number of benzene rings is 2. The number of terminal acetylenes is 1. The third-order valence-electron chi connectivity index (χ3n) is 7.67. The molecule has 2 aliphatic heterocycles. The molecule has 4 heteroatoms. The van der Waals surface area contributed by atoms with Crippen molar-refractivity contribution in [2.24, 2.45) is 0 Å². The van der Waals surface area contributed by atoms with Crippen molar-refractivity contribution in [1.29, 1.82) is 0 Å². The molecule has 0 unspecified atom stereocenters. The summed E-state index contributed by atoms with van der Waals surface area (Å²) >= 11 is 0. The molecule has 2 N–H and O–H groups in total. The molecule has 8 bridgehead atoms. The number of nitrogens with zero attached hydrogens (tertiary/aromatic N) is 2. The molecule has 0 aliphatic carbocycles. The minimum Gasteiger partial charge on any atom is -0.355 e. The number of aromatic amines is 2. The number of fused-ring (bicyclic) bond motifs is 8. The zero-order valence-corrected chi connectivity index (χ0v) is 23.2. The minimum atomic E-state index is 0.854. The van der Waals surface area contributed by atoms with Crippen LogP contribution in [0.3, 0.4) is 0 Å². The van der Waals surface area contributed by atoms with Gasteiger partial charge in [-0.15, -0.1) is 6.42 Å². The van der Waals surface area contributed by atoms with Gasteiger partial charge in [-0.3, -0.25) is 0 Å². The molecule has 0 amide bonds. The van der Waals surface area contributed by atoms with E-state index in [4.69, 9.17) is 16.4 Å². The lowest BCUT2D eigenvalue weighted by molar-refractivity contribution is 1.25. The summed E-state index contributed by atoms with van der Waals surface area (Å²) in [6, 6.07) is 25.1. The maximum atomic E-state index is 5.62. The summed E-state index contributed by atoms with van der Waals surface area (Å²) in [6.07, 6.45) is 14.0. The summed E-state index contributed by atoms with van der Waals surface area (Å²) < 4.78 is 0. The molecule has 7 rings (SSSR count). The average molecular weight is 529 g/mol. The first-order chi connectivity index (χ1) is 19.9. The van der Waals surface area contributed by atoms with Crippen molar-refractivity contribution in [3.05, 3.63) is 118 Å².